The monoisotopic (exact) mass is 375 g/mol. The number of sulfonamides is 1. The van der Waals surface area contributed by atoms with Crippen molar-refractivity contribution in [2.45, 2.75) is 37.0 Å². The van der Waals surface area contributed by atoms with E-state index >= 15 is 0 Å². The van der Waals surface area contributed by atoms with Crippen LogP contribution in [-0.2, 0) is 16.4 Å². The van der Waals surface area contributed by atoms with Gasteiger partial charge in [0.1, 0.15) is 10.6 Å². The average molecular weight is 375 g/mol. The summed E-state index contributed by atoms with van der Waals surface area (Å²) >= 11 is 0. The first-order valence-electron chi connectivity index (χ1n) is 9.08. The first kappa shape index (κ1) is 18.7. The minimum atomic E-state index is -3.51. The molecule has 0 saturated carbocycles. The van der Waals surface area contributed by atoms with Gasteiger partial charge < -0.3 is 10.3 Å². The fourth-order valence-electron chi connectivity index (χ4n) is 3.14. The van der Waals surface area contributed by atoms with E-state index in [1.807, 2.05) is 18.2 Å². The lowest BCUT2D eigenvalue weighted by Gasteiger charge is -2.25. The fourth-order valence-corrected chi connectivity index (χ4v) is 4.65. The lowest BCUT2D eigenvalue weighted by atomic mass is 10.1. The molecule has 1 aromatic carbocycles. The predicted molar refractivity (Wildman–Crippen MR) is 100 cm³/mol. The highest BCUT2D eigenvalue weighted by atomic mass is 32.2. The number of rotatable bonds is 7. The van der Waals surface area contributed by atoms with Gasteiger partial charge in [0, 0.05) is 25.8 Å². The van der Waals surface area contributed by atoms with E-state index in [1.165, 1.54) is 22.1 Å². The number of nitrogens with one attached hydrogen (secondary N) is 2. The zero-order valence-corrected chi connectivity index (χ0v) is 15.6. The van der Waals surface area contributed by atoms with E-state index in [-0.39, 0.29) is 16.5 Å². The van der Waals surface area contributed by atoms with Crippen molar-refractivity contribution in [3.8, 4) is 0 Å². The Morgan fingerprint density at radius 2 is 1.85 bits per heavy atom. The van der Waals surface area contributed by atoms with Gasteiger partial charge in [0.15, 0.2) is 0 Å². The maximum atomic E-state index is 12.6. The molecule has 0 aliphatic carbocycles. The number of aromatic amines is 1. The Morgan fingerprint density at radius 3 is 2.58 bits per heavy atom. The van der Waals surface area contributed by atoms with E-state index in [4.69, 9.17) is 0 Å². The molecule has 0 atom stereocenters. The largest absolute Gasteiger partial charge is 0.356 e. The van der Waals surface area contributed by atoms with Crippen LogP contribution in [-0.4, -0.2) is 43.2 Å². The number of hydrogen-bond acceptors (Lipinski definition) is 3. The molecule has 2 aromatic rings. The number of aromatic nitrogens is 1. The van der Waals surface area contributed by atoms with Crippen molar-refractivity contribution in [3.05, 3.63) is 53.9 Å². The molecule has 1 aromatic heterocycles. The lowest BCUT2D eigenvalue weighted by molar-refractivity contribution is 0.0949. The summed E-state index contributed by atoms with van der Waals surface area (Å²) in [5.41, 5.74) is 1.51. The van der Waals surface area contributed by atoms with E-state index in [0.717, 1.165) is 32.1 Å². The molecular formula is C19H25N3O3S. The number of benzene rings is 1. The van der Waals surface area contributed by atoms with Gasteiger partial charge in [-0.25, -0.2) is 8.42 Å². The highest BCUT2D eigenvalue weighted by Crippen LogP contribution is 2.21. The fraction of sp³-hybridized carbons (Fsp3) is 0.421. The van der Waals surface area contributed by atoms with E-state index < -0.39 is 10.0 Å². The normalized spacial score (nSPS) is 15.7. The summed E-state index contributed by atoms with van der Waals surface area (Å²) in [6, 6.07) is 11.5. The zero-order valence-electron chi connectivity index (χ0n) is 14.8. The van der Waals surface area contributed by atoms with Gasteiger partial charge in [-0.1, -0.05) is 36.8 Å². The topological polar surface area (TPSA) is 82.3 Å². The molecule has 2 N–H and O–H groups in total. The van der Waals surface area contributed by atoms with Crippen LogP contribution in [0.5, 0.6) is 0 Å². The molecule has 6 nitrogen and oxygen atoms in total. The number of H-pyrrole nitrogens is 1. The van der Waals surface area contributed by atoms with Gasteiger partial charge >= 0.3 is 0 Å². The third-order valence-corrected chi connectivity index (χ3v) is 6.50. The third-order valence-electron chi connectivity index (χ3n) is 4.62. The Bertz CT molecular complexity index is 825. The summed E-state index contributed by atoms with van der Waals surface area (Å²) in [6.07, 6.45) is 5.96. The Labute approximate surface area is 154 Å². The second kappa shape index (κ2) is 8.51. The van der Waals surface area contributed by atoms with Gasteiger partial charge in [0.05, 0.1) is 0 Å². The Hall–Kier alpha value is -2.12. The first-order chi connectivity index (χ1) is 12.6. The number of carbonyl (C=O) groups excluding carboxylic acids is 1. The smallest absolute Gasteiger partial charge is 0.267 e. The summed E-state index contributed by atoms with van der Waals surface area (Å²) in [7, 11) is -3.51. The van der Waals surface area contributed by atoms with Crippen molar-refractivity contribution in [3.63, 3.8) is 0 Å². The molecule has 3 rings (SSSR count). The van der Waals surface area contributed by atoms with Crippen LogP contribution < -0.4 is 5.32 Å². The number of amides is 1. The molecule has 2 heterocycles. The zero-order chi connectivity index (χ0) is 18.4. The molecule has 0 unspecified atom stereocenters. The van der Waals surface area contributed by atoms with Crippen LogP contribution in [0.2, 0.25) is 0 Å². The van der Waals surface area contributed by atoms with E-state index in [1.54, 1.807) is 0 Å². The van der Waals surface area contributed by atoms with Gasteiger partial charge in [-0.2, -0.15) is 4.31 Å². The van der Waals surface area contributed by atoms with Crippen molar-refractivity contribution in [2.75, 3.05) is 19.6 Å². The molecule has 0 bridgehead atoms. The summed E-state index contributed by atoms with van der Waals surface area (Å²) in [5, 5.41) is 2.83. The molecule has 1 amide bonds. The van der Waals surface area contributed by atoms with E-state index in [0.29, 0.717) is 19.6 Å². The molecule has 140 valence electrons. The maximum absolute atomic E-state index is 12.6. The van der Waals surface area contributed by atoms with Gasteiger partial charge in [0.2, 0.25) is 10.0 Å². The van der Waals surface area contributed by atoms with Crippen LogP contribution >= 0.6 is 0 Å². The number of carbonyl (C=O) groups is 1. The van der Waals surface area contributed by atoms with Crippen molar-refractivity contribution >= 4 is 15.9 Å². The highest BCUT2D eigenvalue weighted by Gasteiger charge is 2.27. The van der Waals surface area contributed by atoms with Gasteiger partial charge in [-0.3, -0.25) is 4.79 Å². The van der Waals surface area contributed by atoms with Crippen molar-refractivity contribution in [1.29, 1.82) is 0 Å². The molecular weight excluding hydrogens is 350 g/mol. The minimum absolute atomic E-state index is 0.161. The van der Waals surface area contributed by atoms with Gasteiger partial charge in [-0.15, -0.1) is 0 Å². The molecule has 0 spiro atoms. The second-order valence-electron chi connectivity index (χ2n) is 6.56. The van der Waals surface area contributed by atoms with Crippen LogP contribution in [0.15, 0.2) is 47.5 Å². The summed E-state index contributed by atoms with van der Waals surface area (Å²) in [5.74, 6) is -0.279. The number of aryl methyl sites for hydroxylation is 1. The maximum Gasteiger partial charge on any atom is 0.267 e. The average Bonchev–Trinajstić information content (AvgIpc) is 3.18. The Kier molecular flexibility index (Phi) is 6.11. The molecule has 1 aliphatic rings. The minimum Gasteiger partial charge on any atom is -0.356 e. The Morgan fingerprint density at radius 1 is 1.12 bits per heavy atom. The molecule has 1 saturated heterocycles. The molecule has 1 aliphatic heterocycles. The third kappa shape index (κ3) is 4.53. The van der Waals surface area contributed by atoms with Crippen LogP contribution in [0.1, 0.15) is 41.7 Å². The SMILES string of the molecule is O=C(NCCCc1ccccc1)c1cc(S(=O)(=O)N2CCCCC2)c[nH]1. The van der Waals surface area contributed by atoms with Crippen molar-refractivity contribution in [2.24, 2.45) is 0 Å². The molecule has 7 heteroatoms. The highest BCUT2D eigenvalue weighted by molar-refractivity contribution is 7.89. The molecule has 0 radical (unpaired) electrons. The van der Waals surface area contributed by atoms with Crippen LogP contribution in [0.3, 0.4) is 0 Å². The lowest BCUT2D eigenvalue weighted by Crippen LogP contribution is -2.35. The second-order valence-corrected chi connectivity index (χ2v) is 8.50. The van der Waals surface area contributed by atoms with E-state index in [2.05, 4.69) is 22.4 Å². The van der Waals surface area contributed by atoms with Gasteiger partial charge in [0.25, 0.3) is 5.91 Å². The van der Waals surface area contributed by atoms with Gasteiger partial charge in [-0.05, 0) is 37.3 Å². The molecule has 1 fully saturated rings. The summed E-state index contributed by atoms with van der Waals surface area (Å²) in [4.78, 5) is 15.2. The van der Waals surface area contributed by atoms with Crippen LogP contribution in [0.25, 0.3) is 0 Å². The predicted octanol–water partition coefficient (Wildman–Crippen LogP) is 2.55. The Balaban J connectivity index is 1.52. The number of hydrogen-bond donors (Lipinski definition) is 2. The molecule has 26 heavy (non-hydrogen) atoms. The van der Waals surface area contributed by atoms with Crippen LogP contribution in [0.4, 0.5) is 0 Å². The summed E-state index contributed by atoms with van der Waals surface area (Å²) in [6.45, 7) is 1.64. The quantitative estimate of drug-likeness (QED) is 0.730. The standard InChI is InChI=1S/C19H25N3O3S/c23-19(20-11-7-10-16-8-3-1-4-9-16)18-14-17(15-21-18)26(24,25)22-12-5-2-6-13-22/h1,3-4,8-9,14-15,21H,2,5-7,10-13H2,(H,20,23). The number of nitrogens with zero attached hydrogens (tertiary/aromatic N) is 1. The first-order valence-corrected chi connectivity index (χ1v) is 10.5. The van der Waals surface area contributed by atoms with Crippen molar-refractivity contribution in [1.82, 2.24) is 14.6 Å². The van der Waals surface area contributed by atoms with E-state index in [9.17, 15) is 13.2 Å². The van der Waals surface area contributed by atoms with Crippen molar-refractivity contribution < 1.29 is 13.2 Å². The number of piperidine rings is 1. The van der Waals surface area contributed by atoms with Crippen LogP contribution in [0, 0.1) is 0 Å². The summed E-state index contributed by atoms with van der Waals surface area (Å²) < 4.78 is 26.7.